The highest BCUT2D eigenvalue weighted by molar-refractivity contribution is 7.91. The summed E-state index contributed by atoms with van der Waals surface area (Å²) in [6, 6.07) is 3.26. The van der Waals surface area contributed by atoms with Crippen molar-refractivity contribution in [3.05, 3.63) is 46.7 Å². The number of aromatic nitrogens is 2. The second-order valence-corrected chi connectivity index (χ2v) is 9.06. The number of anilines is 1. The van der Waals surface area contributed by atoms with Gasteiger partial charge in [0.2, 0.25) is 5.91 Å². The molecule has 9 heteroatoms. The molecule has 0 spiro atoms. The maximum atomic E-state index is 13.7. The minimum atomic E-state index is -3.12. The fourth-order valence-corrected chi connectivity index (χ4v) is 5.51. The second-order valence-electron chi connectivity index (χ2n) is 6.83. The van der Waals surface area contributed by atoms with E-state index in [1.165, 1.54) is 6.07 Å². The number of nitrogens with one attached hydrogen (secondary N) is 1. The molecule has 0 unspecified atom stereocenters. The number of nitrogens with zero attached hydrogens (tertiary/aromatic N) is 2. The summed E-state index contributed by atoms with van der Waals surface area (Å²) in [4.78, 5) is 12.2. The van der Waals surface area contributed by atoms with Crippen molar-refractivity contribution in [3.8, 4) is 0 Å². The number of benzene rings is 1. The van der Waals surface area contributed by atoms with Gasteiger partial charge in [0, 0.05) is 17.9 Å². The molecule has 0 radical (unpaired) electrons. The first kappa shape index (κ1) is 17.1. The zero-order valence-electron chi connectivity index (χ0n) is 14.0. The molecule has 0 aliphatic carbocycles. The summed E-state index contributed by atoms with van der Waals surface area (Å²) in [6.07, 6.45) is 0.523. The molecule has 2 aromatic rings. The van der Waals surface area contributed by atoms with Crippen molar-refractivity contribution in [2.24, 2.45) is 0 Å². The van der Waals surface area contributed by atoms with Crippen LogP contribution in [0, 0.1) is 18.6 Å². The van der Waals surface area contributed by atoms with E-state index in [1.807, 2.05) is 0 Å². The Balaban J connectivity index is 1.81. The van der Waals surface area contributed by atoms with Crippen LogP contribution >= 0.6 is 0 Å². The summed E-state index contributed by atoms with van der Waals surface area (Å²) in [7, 11) is -3.12. The van der Waals surface area contributed by atoms with Crippen molar-refractivity contribution in [3.63, 3.8) is 0 Å². The monoisotopic (exact) mass is 381 g/mol. The Morgan fingerprint density at radius 2 is 2.04 bits per heavy atom. The van der Waals surface area contributed by atoms with Crippen LogP contribution in [0.15, 0.2) is 18.2 Å². The van der Waals surface area contributed by atoms with Gasteiger partial charge in [-0.3, -0.25) is 4.79 Å². The van der Waals surface area contributed by atoms with Gasteiger partial charge in [0.15, 0.2) is 21.5 Å². The van der Waals surface area contributed by atoms with Crippen LogP contribution in [0.1, 0.15) is 41.6 Å². The molecule has 6 nitrogen and oxygen atoms in total. The molecule has 2 aliphatic heterocycles. The molecule has 1 fully saturated rings. The average Bonchev–Trinajstić information content (AvgIpc) is 3.09. The predicted molar refractivity (Wildman–Crippen MR) is 90.7 cm³/mol. The van der Waals surface area contributed by atoms with Gasteiger partial charge < -0.3 is 5.32 Å². The zero-order valence-corrected chi connectivity index (χ0v) is 14.8. The van der Waals surface area contributed by atoms with E-state index in [-0.39, 0.29) is 29.9 Å². The lowest BCUT2D eigenvalue weighted by atomic mass is 9.85. The molecule has 0 saturated carbocycles. The molecule has 4 rings (SSSR count). The van der Waals surface area contributed by atoms with Crippen molar-refractivity contribution in [1.82, 2.24) is 9.78 Å². The van der Waals surface area contributed by atoms with Crippen LogP contribution in [0.2, 0.25) is 0 Å². The Hall–Kier alpha value is -2.29. The SMILES string of the molecule is Cc1nn([C@H]2CCS(=O)(=O)C2)c2c1[C@H](c1ccc(F)c(F)c1)CC(=O)N2. The molecular weight excluding hydrogens is 364 g/mol. The maximum Gasteiger partial charge on any atom is 0.226 e. The van der Waals surface area contributed by atoms with E-state index in [1.54, 1.807) is 11.6 Å². The smallest absolute Gasteiger partial charge is 0.226 e. The number of fused-ring (bicyclic) bond motifs is 1. The van der Waals surface area contributed by atoms with Gasteiger partial charge in [-0.2, -0.15) is 5.10 Å². The Kier molecular flexibility index (Phi) is 3.87. The number of amides is 1. The van der Waals surface area contributed by atoms with Crippen LogP contribution in [-0.2, 0) is 14.6 Å². The van der Waals surface area contributed by atoms with Crippen molar-refractivity contribution in [2.75, 3.05) is 16.8 Å². The minimum absolute atomic E-state index is 0.0216. The third-order valence-corrected chi connectivity index (χ3v) is 6.78. The number of aryl methyl sites for hydroxylation is 1. The molecule has 1 amide bonds. The van der Waals surface area contributed by atoms with Crippen LogP contribution in [0.4, 0.5) is 14.6 Å². The summed E-state index contributed by atoms with van der Waals surface area (Å²) in [5.41, 5.74) is 1.85. The third kappa shape index (κ3) is 2.80. The molecule has 1 aromatic heterocycles. The number of carbonyl (C=O) groups is 1. The molecule has 2 aliphatic rings. The van der Waals surface area contributed by atoms with E-state index in [2.05, 4.69) is 10.4 Å². The highest BCUT2D eigenvalue weighted by Crippen LogP contribution is 2.41. The first-order valence-electron chi connectivity index (χ1n) is 8.29. The molecule has 1 N–H and O–H groups in total. The van der Waals surface area contributed by atoms with Crippen molar-refractivity contribution in [1.29, 1.82) is 0 Å². The van der Waals surface area contributed by atoms with Gasteiger partial charge in [0.1, 0.15) is 5.82 Å². The minimum Gasteiger partial charge on any atom is -0.311 e. The fraction of sp³-hybridized carbons (Fsp3) is 0.412. The van der Waals surface area contributed by atoms with Gasteiger partial charge >= 0.3 is 0 Å². The topological polar surface area (TPSA) is 81.1 Å². The highest BCUT2D eigenvalue weighted by atomic mass is 32.2. The highest BCUT2D eigenvalue weighted by Gasteiger charge is 2.37. The lowest BCUT2D eigenvalue weighted by Crippen LogP contribution is -2.26. The second kappa shape index (κ2) is 5.87. The number of sulfone groups is 1. The van der Waals surface area contributed by atoms with Crippen molar-refractivity contribution >= 4 is 21.6 Å². The van der Waals surface area contributed by atoms with Gasteiger partial charge in [0.25, 0.3) is 0 Å². The number of hydrogen-bond donors (Lipinski definition) is 1. The third-order valence-electron chi connectivity index (χ3n) is 5.03. The standard InChI is InChI=1S/C17H17F2N3O3S/c1-9-16-12(10-2-3-13(18)14(19)6-10)7-15(23)20-17(16)22(21-9)11-4-5-26(24,25)8-11/h2-3,6,11-12H,4-5,7-8H2,1H3,(H,20,23)/t11-,12-/m0/s1. The van der Waals surface area contributed by atoms with E-state index in [9.17, 15) is 22.0 Å². The molecule has 1 aromatic carbocycles. The van der Waals surface area contributed by atoms with Crippen molar-refractivity contribution < 1.29 is 22.0 Å². The van der Waals surface area contributed by atoms with Crippen LogP contribution in [0.5, 0.6) is 0 Å². The Morgan fingerprint density at radius 3 is 2.69 bits per heavy atom. The lowest BCUT2D eigenvalue weighted by Gasteiger charge is -2.25. The van der Waals surface area contributed by atoms with E-state index >= 15 is 0 Å². The molecule has 1 saturated heterocycles. The van der Waals surface area contributed by atoms with Crippen molar-refractivity contribution in [2.45, 2.75) is 31.7 Å². The molecule has 138 valence electrons. The number of carbonyl (C=O) groups excluding carboxylic acids is 1. The van der Waals surface area contributed by atoms with Gasteiger partial charge in [-0.05, 0) is 31.0 Å². The first-order valence-corrected chi connectivity index (χ1v) is 10.1. The molecule has 2 atom stereocenters. The number of halogens is 2. The molecule has 0 bridgehead atoms. The fourth-order valence-electron chi connectivity index (χ4n) is 3.82. The van der Waals surface area contributed by atoms with Crippen LogP contribution in [-0.4, -0.2) is 35.6 Å². The normalized spacial score (nSPS) is 24.3. The van der Waals surface area contributed by atoms with Crippen LogP contribution in [0.3, 0.4) is 0 Å². The van der Waals surface area contributed by atoms with E-state index in [0.717, 1.165) is 17.7 Å². The van der Waals surface area contributed by atoms with E-state index < -0.39 is 27.4 Å². The Labute approximate surface area is 149 Å². The van der Waals surface area contributed by atoms with E-state index in [4.69, 9.17) is 0 Å². The van der Waals surface area contributed by atoms with Gasteiger partial charge in [-0.15, -0.1) is 0 Å². The lowest BCUT2D eigenvalue weighted by molar-refractivity contribution is -0.116. The quantitative estimate of drug-likeness (QED) is 0.866. The predicted octanol–water partition coefficient (Wildman–Crippen LogP) is 2.30. The summed E-state index contributed by atoms with van der Waals surface area (Å²) in [5.74, 6) is -2.12. The summed E-state index contributed by atoms with van der Waals surface area (Å²) in [6.45, 7) is 1.77. The Bertz CT molecular complexity index is 1020. The summed E-state index contributed by atoms with van der Waals surface area (Å²) < 4.78 is 52.1. The maximum absolute atomic E-state index is 13.7. The summed E-state index contributed by atoms with van der Waals surface area (Å²) in [5, 5.41) is 7.24. The number of rotatable bonds is 2. The van der Waals surface area contributed by atoms with Crippen LogP contribution in [0.25, 0.3) is 0 Å². The first-order chi connectivity index (χ1) is 12.2. The van der Waals surface area contributed by atoms with E-state index in [0.29, 0.717) is 23.5 Å². The zero-order chi connectivity index (χ0) is 18.6. The number of hydrogen-bond acceptors (Lipinski definition) is 4. The molecule has 26 heavy (non-hydrogen) atoms. The molecule has 3 heterocycles. The average molecular weight is 381 g/mol. The largest absolute Gasteiger partial charge is 0.311 e. The summed E-state index contributed by atoms with van der Waals surface area (Å²) >= 11 is 0. The molecular formula is C17H17F2N3O3S. The van der Waals surface area contributed by atoms with Gasteiger partial charge in [-0.1, -0.05) is 6.07 Å². The van der Waals surface area contributed by atoms with Gasteiger partial charge in [-0.25, -0.2) is 21.9 Å². The van der Waals surface area contributed by atoms with Gasteiger partial charge in [0.05, 0.1) is 23.2 Å². The van der Waals surface area contributed by atoms with Crippen LogP contribution < -0.4 is 5.32 Å². The Morgan fingerprint density at radius 1 is 1.27 bits per heavy atom.